The molecule has 108 valence electrons. The fourth-order valence-electron chi connectivity index (χ4n) is 1.88. The van der Waals surface area contributed by atoms with Crippen molar-refractivity contribution < 1.29 is 8.42 Å². The largest absolute Gasteiger partial charge is 0.327 e. The van der Waals surface area contributed by atoms with Crippen molar-refractivity contribution in [2.45, 2.75) is 5.16 Å². The third-order valence-corrected chi connectivity index (χ3v) is 4.59. The molecule has 0 unspecified atom stereocenters. The van der Waals surface area contributed by atoms with Crippen molar-refractivity contribution in [3.8, 4) is 11.3 Å². The smallest absolute Gasteiger partial charge is 0.227 e. The van der Waals surface area contributed by atoms with Crippen LogP contribution >= 0.6 is 27.5 Å². The van der Waals surface area contributed by atoms with E-state index in [9.17, 15) is 8.42 Å². The fourth-order valence-corrected chi connectivity index (χ4v) is 2.95. The van der Waals surface area contributed by atoms with Crippen molar-refractivity contribution in [3.63, 3.8) is 0 Å². The summed E-state index contributed by atoms with van der Waals surface area (Å²) in [5.74, 6) is 0. The van der Waals surface area contributed by atoms with Crippen molar-refractivity contribution in [2.75, 3.05) is 6.26 Å². The quantitative estimate of drug-likeness (QED) is 0.732. The molecule has 2 aromatic heterocycles. The normalized spacial score (nSPS) is 12.0. The highest BCUT2D eigenvalue weighted by Crippen LogP contribution is 2.29. The van der Waals surface area contributed by atoms with Gasteiger partial charge in [0.1, 0.15) is 0 Å². The lowest BCUT2D eigenvalue weighted by Crippen LogP contribution is -1.98. The number of fused-ring (bicyclic) bond motifs is 1. The van der Waals surface area contributed by atoms with Gasteiger partial charge in [-0.3, -0.25) is 0 Å². The number of hydrogen-bond acceptors (Lipinski definition) is 4. The molecular formula is C13H9BrClN3O2S. The Hall–Kier alpha value is -1.44. The van der Waals surface area contributed by atoms with Gasteiger partial charge in [0.15, 0.2) is 5.65 Å². The number of rotatable bonds is 2. The zero-order chi connectivity index (χ0) is 15.2. The highest BCUT2D eigenvalue weighted by Gasteiger charge is 2.16. The highest BCUT2D eigenvalue weighted by molar-refractivity contribution is 9.10. The molecule has 0 fully saturated rings. The van der Waals surface area contributed by atoms with Crippen LogP contribution in [0, 0.1) is 0 Å². The number of benzene rings is 1. The Bertz CT molecular complexity index is 936. The predicted octanol–water partition coefficient (Wildman–Crippen LogP) is 3.44. The minimum Gasteiger partial charge on any atom is -0.327 e. The van der Waals surface area contributed by atoms with Crippen LogP contribution in [0.5, 0.6) is 0 Å². The third-order valence-electron chi connectivity index (χ3n) is 2.87. The van der Waals surface area contributed by atoms with E-state index >= 15 is 0 Å². The van der Waals surface area contributed by atoms with Gasteiger partial charge in [0.25, 0.3) is 0 Å². The molecule has 2 heterocycles. The molecule has 21 heavy (non-hydrogen) atoms. The van der Waals surface area contributed by atoms with E-state index in [0.717, 1.165) is 16.3 Å². The Morgan fingerprint density at radius 2 is 1.86 bits per heavy atom. The standard InChI is InChI=1S/C13H9BrClN3O2S/c1-21(19,20)13-16-10-6-9(15)11(17-12(10)18-13)7-2-4-8(14)5-3-7/h2-6H,1H3,(H,16,17,18). The van der Waals surface area contributed by atoms with Gasteiger partial charge in [-0.1, -0.05) is 39.7 Å². The lowest BCUT2D eigenvalue weighted by atomic mass is 10.1. The molecule has 0 spiro atoms. The summed E-state index contributed by atoms with van der Waals surface area (Å²) in [6, 6.07) is 9.12. The summed E-state index contributed by atoms with van der Waals surface area (Å²) < 4.78 is 24.0. The van der Waals surface area contributed by atoms with Crippen molar-refractivity contribution >= 4 is 48.5 Å². The maximum Gasteiger partial charge on any atom is 0.227 e. The van der Waals surface area contributed by atoms with Gasteiger partial charge in [-0.15, -0.1) is 0 Å². The fraction of sp³-hybridized carbons (Fsp3) is 0.0769. The second-order valence-corrected chi connectivity index (χ2v) is 7.76. The molecule has 0 bridgehead atoms. The first-order chi connectivity index (χ1) is 9.84. The SMILES string of the molecule is CS(=O)(=O)c1nc2nc(-c3ccc(Br)cc3)c(Cl)cc2[nH]1. The van der Waals surface area contributed by atoms with E-state index in [-0.39, 0.29) is 5.16 Å². The number of nitrogens with zero attached hydrogens (tertiary/aromatic N) is 2. The minimum atomic E-state index is -3.42. The third kappa shape index (κ3) is 2.81. The number of H-pyrrole nitrogens is 1. The summed E-state index contributed by atoms with van der Waals surface area (Å²) in [6.45, 7) is 0. The van der Waals surface area contributed by atoms with Crippen molar-refractivity contribution in [1.29, 1.82) is 0 Å². The van der Waals surface area contributed by atoms with E-state index in [4.69, 9.17) is 11.6 Å². The summed E-state index contributed by atoms with van der Waals surface area (Å²) in [6.07, 6.45) is 1.09. The lowest BCUT2D eigenvalue weighted by molar-refractivity contribution is 0.595. The van der Waals surface area contributed by atoms with E-state index in [1.54, 1.807) is 6.07 Å². The number of pyridine rings is 1. The van der Waals surface area contributed by atoms with Crippen LogP contribution in [-0.2, 0) is 9.84 Å². The molecule has 0 atom stereocenters. The summed E-state index contributed by atoms with van der Waals surface area (Å²) in [5, 5.41) is 0.308. The van der Waals surface area contributed by atoms with Crippen LogP contribution in [0.15, 0.2) is 40.0 Å². The molecule has 0 saturated carbocycles. The van der Waals surface area contributed by atoms with Gasteiger partial charge in [0.05, 0.1) is 16.2 Å². The number of halogens is 2. The number of nitrogens with one attached hydrogen (secondary N) is 1. The molecule has 0 aliphatic rings. The molecule has 3 rings (SSSR count). The minimum absolute atomic E-state index is 0.117. The summed E-state index contributed by atoms with van der Waals surface area (Å²) >= 11 is 9.59. The molecule has 0 amide bonds. The van der Waals surface area contributed by atoms with Gasteiger partial charge in [0.2, 0.25) is 15.0 Å². The Labute approximate surface area is 134 Å². The summed E-state index contributed by atoms with van der Waals surface area (Å²) in [5.41, 5.74) is 2.19. The van der Waals surface area contributed by atoms with Gasteiger partial charge in [-0.25, -0.2) is 13.4 Å². The van der Waals surface area contributed by atoms with Crippen molar-refractivity contribution in [2.24, 2.45) is 0 Å². The van der Waals surface area contributed by atoms with Crippen LogP contribution in [0.2, 0.25) is 5.02 Å². The summed E-state index contributed by atoms with van der Waals surface area (Å²) in [4.78, 5) is 11.1. The first-order valence-corrected chi connectivity index (χ1v) is 8.93. The average molecular weight is 387 g/mol. The van der Waals surface area contributed by atoms with E-state index in [0.29, 0.717) is 21.9 Å². The van der Waals surface area contributed by atoms with Gasteiger partial charge in [0, 0.05) is 16.3 Å². The Balaban J connectivity index is 2.21. The zero-order valence-corrected chi connectivity index (χ0v) is 13.9. The Kier molecular flexibility index (Phi) is 3.51. The topological polar surface area (TPSA) is 75.7 Å². The zero-order valence-electron chi connectivity index (χ0n) is 10.8. The molecular weight excluding hydrogens is 378 g/mol. The molecule has 3 aromatic rings. The molecule has 5 nitrogen and oxygen atoms in total. The lowest BCUT2D eigenvalue weighted by Gasteiger charge is -2.03. The van der Waals surface area contributed by atoms with Gasteiger partial charge in [-0.05, 0) is 18.2 Å². The first-order valence-electron chi connectivity index (χ1n) is 5.87. The maximum absolute atomic E-state index is 11.5. The van der Waals surface area contributed by atoms with E-state index in [1.165, 1.54) is 0 Å². The second kappa shape index (κ2) is 5.08. The molecule has 1 N–H and O–H groups in total. The van der Waals surface area contributed by atoms with Crippen LogP contribution in [0.25, 0.3) is 22.4 Å². The van der Waals surface area contributed by atoms with Crippen LogP contribution in [0.3, 0.4) is 0 Å². The van der Waals surface area contributed by atoms with E-state index < -0.39 is 9.84 Å². The molecule has 0 aliphatic carbocycles. The highest BCUT2D eigenvalue weighted by atomic mass is 79.9. The van der Waals surface area contributed by atoms with Gasteiger partial charge < -0.3 is 4.98 Å². The number of aromatic nitrogens is 3. The Morgan fingerprint density at radius 3 is 2.48 bits per heavy atom. The van der Waals surface area contributed by atoms with E-state index in [1.807, 2.05) is 24.3 Å². The molecule has 0 radical (unpaired) electrons. The van der Waals surface area contributed by atoms with Crippen LogP contribution < -0.4 is 0 Å². The monoisotopic (exact) mass is 385 g/mol. The second-order valence-electron chi connectivity index (χ2n) is 4.51. The molecule has 1 aromatic carbocycles. The maximum atomic E-state index is 11.5. The van der Waals surface area contributed by atoms with Crippen molar-refractivity contribution in [3.05, 3.63) is 39.8 Å². The van der Waals surface area contributed by atoms with Crippen molar-refractivity contribution in [1.82, 2.24) is 15.0 Å². The average Bonchev–Trinajstić information content (AvgIpc) is 2.81. The number of hydrogen-bond donors (Lipinski definition) is 1. The van der Waals surface area contributed by atoms with Crippen LogP contribution in [-0.4, -0.2) is 29.6 Å². The number of sulfone groups is 1. The predicted molar refractivity (Wildman–Crippen MR) is 85.1 cm³/mol. The van der Waals surface area contributed by atoms with Gasteiger partial charge >= 0.3 is 0 Å². The first kappa shape index (κ1) is 14.5. The summed E-state index contributed by atoms with van der Waals surface area (Å²) in [7, 11) is -3.42. The van der Waals surface area contributed by atoms with Crippen LogP contribution in [0.1, 0.15) is 0 Å². The number of aromatic amines is 1. The molecule has 8 heteroatoms. The molecule has 0 saturated heterocycles. The number of imidazole rings is 1. The molecule has 0 aliphatic heterocycles. The van der Waals surface area contributed by atoms with Gasteiger partial charge in [-0.2, -0.15) is 4.98 Å². The van der Waals surface area contributed by atoms with E-state index in [2.05, 4.69) is 30.9 Å². The van der Waals surface area contributed by atoms with Crippen LogP contribution in [0.4, 0.5) is 0 Å². The Morgan fingerprint density at radius 1 is 1.19 bits per heavy atom.